The number of nitrogens with zero attached hydrogens (tertiary/aromatic N) is 1. The topological polar surface area (TPSA) is 41.6 Å². The molecule has 1 atom stereocenters. The number of rotatable bonds is 5. The molecule has 4 nitrogen and oxygen atoms in total. The van der Waals surface area contributed by atoms with E-state index in [1.165, 1.54) is 29.8 Å². The lowest BCUT2D eigenvalue weighted by atomic mass is 9.72. The highest BCUT2D eigenvalue weighted by molar-refractivity contribution is 5.93. The first-order valence-electron chi connectivity index (χ1n) is 9.55. The quantitative estimate of drug-likeness (QED) is 0.754. The molecule has 1 fully saturated rings. The third kappa shape index (κ3) is 5.97. The zero-order chi connectivity index (χ0) is 21.1. The van der Waals surface area contributed by atoms with Gasteiger partial charge >= 0.3 is 6.36 Å². The Morgan fingerprint density at radius 2 is 1.79 bits per heavy atom. The molecular formula is C22H25F3N2O2. The van der Waals surface area contributed by atoms with Crippen molar-refractivity contribution in [3.8, 4) is 5.75 Å². The third-order valence-electron chi connectivity index (χ3n) is 5.38. The third-order valence-corrected chi connectivity index (χ3v) is 5.38. The average molecular weight is 406 g/mol. The standard InChI is InChI=1S/C22H25F3N2O2/c1-21(2)12-13-27(14-16-6-4-3-5-7-16)15-19(21)20(28)26-17-8-10-18(11-9-17)29-22(23,24)25/h3-11,19H,12-15H2,1-2H3,(H,26,28). The van der Waals surface area contributed by atoms with E-state index in [-0.39, 0.29) is 23.0 Å². The van der Waals surface area contributed by atoms with Crippen molar-refractivity contribution in [2.75, 3.05) is 18.4 Å². The summed E-state index contributed by atoms with van der Waals surface area (Å²) in [5, 5.41) is 2.84. The highest BCUT2D eigenvalue weighted by Crippen LogP contribution is 2.37. The van der Waals surface area contributed by atoms with E-state index in [0.717, 1.165) is 19.5 Å². The van der Waals surface area contributed by atoms with Gasteiger partial charge in [-0.25, -0.2) is 0 Å². The molecule has 1 N–H and O–H groups in total. The minimum absolute atomic E-state index is 0.128. The summed E-state index contributed by atoms with van der Waals surface area (Å²) in [6.45, 7) is 6.48. The lowest BCUT2D eigenvalue weighted by Crippen LogP contribution is -2.49. The van der Waals surface area contributed by atoms with Crippen LogP contribution >= 0.6 is 0 Å². The van der Waals surface area contributed by atoms with Gasteiger partial charge in [0, 0.05) is 18.8 Å². The van der Waals surface area contributed by atoms with Crippen molar-refractivity contribution >= 4 is 11.6 Å². The Kier molecular flexibility index (Phi) is 6.17. The molecule has 0 bridgehead atoms. The van der Waals surface area contributed by atoms with Gasteiger partial charge in [-0.3, -0.25) is 9.69 Å². The van der Waals surface area contributed by atoms with Crippen molar-refractivity contribution in [2.24, 2.45) is 11.3 Å². The maximum atomic E-state index is 12.9. The van der Waals surface area contributed by atoms with Crippen molar-refractivity contribution in [2.45, 2.75) is 33.2 Å². The SMILES string of the molecule is CC1(C)CCN(Cc2ccccc2)CC1C(=O)Nc1ccc(OC(F)(F)F)cc1. The van der Waals surface area contributed by atoms with E-state index in [1.54, 1.807) is 0 Å². The molecule has 1 amide bonds. The monoisotopic (exact) mass is 406 g/mol. The minimum atomic E-state index is -4.74. The van der Waals surface area contributed by atoms with Crippen LogP contribution in [0.5, 0.6) is 5.75 Å². The normalized spacial score (nSPS) is 19.6. The Labute approximate surface area is 168 Å². The second kappa shape index (κ2) is 8.45. The Balaban J connectivity index is 1.64. The van der Waals surface area contributed by atoms with Crippen molar-refractivity contribution < 1.29 is 22.7 Å². The van der Waals surface area contributed by atoms with Crippen LogP contribution in [0.2, 0.25) is 0 Å². The van der Waals surface area contributed by atoms with Crippen molar-refractivity contribution in [1.29, 1.82) is 0 Å². The smallest absolute Gasteiger partial charge is 0.406 e. The van der Waals surface area contributed by atoms with Gasteiger partial charge in [-0.05, 0) is 48.2 Å². The number of halogens is 3. The van der Waals surface area contributed by atoms with E-state index < -0.39 is 6.36 Å². The van der Waals surface area contributed by atoms with Crippen LogP contribution in [0, 0.1) is 11.3 Å². The maximum absolute atomic E-state index is 12.9. The maximum Gasteiger partial charge on any atom is 0.573 e. The summed E-state index contributed by atoms with van der Waals surface area (Å²) in [6.07, 6.45) is -3.85. The van der Waals surface area contributed by atoms with Crippen LogP contribution in [0.4, 0.5) is 18.9 Å². The second-order valence-corrected chi connectivity index (χ2v) is 8.07. The van der Waals surface area contributed by atoms with Crippen LogP contribution in [0.1, 0.15) is 25.8 Å². The van der Waals surface area contributed by atoms with Crippen molar-refractivity contribution in [1.82, 2.24) is 4.90 Å². The number of likely N-dealkylation sites (tertiary alicyclic amines) is 1. The van der Waals surface area contributed by atoms with Gasteiger partial charge in [-0.2, -0.15) is 0 Å². The molecule has 3 rings (SSSR count). The Morgan fingerprint density at radius 3 is 2.41 bits per heavy atom. The van der Waals surface area contributed by atoms with Crippen molar-refractivity contribution in [3.63, 3.8) is 0 Å². The van der Waals surface area contributed by atoms with Crippen LogP contribution in [0.15, 0.2) is 54.6 Å². The summed E-state index contributed by atoms with van der Waals surface area (Å²) in [5.41, 5.74) is 1.48. The summed E-state index contributed by atoms with van der Waals surface area (Å²) in [4.78, 5) is 15.2. The molecule has 1 heterocycles. The first-order valence-corrected chi connectivity index (χ1v) is 9.55. The fourth-order valence-electron chi connectivity index (χ4n) is 3.61. The van der Waals surface area contributed by atoms with Gasteiger partial charge in [0.1, 0.15) is 5.75 Å². The molecule has 0 aromatic heterocycles. The van der Waals surface area contributed by atoms with Gasteiger partial charge in [0.05, 0.1) is 5.92 Å². The number of piperidine rings is 1. The highest BCUT2D eigenvalue weighted by Gasteiger charge is 2.40. The second-order valence-electron chi connectivity index (χ2n) is 8.07. The molecule has 1 saturated heterocycles. The van der Waals surface area contributed by atoms with Crippen molar-refractivity contribution in [3.05, 3.63) is 60.2 Å². The molecule has 0 aliphatic carbocycles. The summed E-state index contributed by atoms with van der Waals surface area (Å²) in [5.74, 6) is -0.675. The van der Waals surface area contributed by atoms with E-state index in [2.05, 4.69) is 40.9 Å². The van der Waals surface area contributed by atoms with Gasteiger partial charge in [-0.15, -0.1) is 13.2 Å². The zero-order valence-corrected chi connectivity index (χ0v) is 16.5. The number of amides is 1. The molecule has 29 heavy (non-hydrogen) atoms. The fourth-order valence-corrected chi connectivity index (χ4v) is 3.61. The molecule has 1 unspecified atom stereocenters. The van der Waals surface area contributed by atoms with Gasteiger partial charge in [0.25, 0.3) is 0 Å². The van der Waals surface area contributed by atoms with Crippen LogP contribution in [-0.2, 0) is 11.3 Å². The fraction of sp³-hybridized carbons (Fsp3) is 0.409. The summed E-state index contributed by atoms with van der Waals surface area (Å²) in [6, 6.07) is 15.3. The average Bonchev–Trinajstić information content (AvgIpc) is 2.64. The lowest BCUT2D eigenvalue weighted by Gasteiger charge is -2.43. The van der Waals surface area contributed by atoms with E-state index in [0.29, 0.717) is 12.2 Å². The number of anilines is 1. The first-order chi connectivity index (χ1) is 13.6. The van der Waals surface area contributed by atoms with Crippen LogP contribution in [-0.4, -0.2) is 30.3 Å². The molecule has 156 valence electrons. The molecule has 2 aromatic rings. The van der Waals surface area contributed by atoms with Crippen LogP contribution in [0.25, 0.3) is 0 Å². The number of nitrogens with one attached hydrogen (secondary N) is 1. The summed E-state index contributed by atoms with van der Waals surface area (Å²) < 4.78 is 40.7. The number of carbonyl (C=O) groups is 1. The number of alkyl halides is 3. The summed E-state index contributed by atoms with van der Waals surface area (Å²) >= 11 is 0. The molecule has 1 aliphatic rings. The molecule has 0 radical (unpaired) electrons. The van der Waals surface area contributed by atoms with E-state index >= 15 is 0 Å². The van der Waals surface area contributed by atoms with Crippen LogP contribution < -0.4 is 10.1 Å². The molecule has 7 heteroatoms. The highest BCUT2D eigenvalue weighted by atomic mass is 19.4. The minimum Gasteiger partial charge on any atom is -0.406 e. The first kappa shape index (κ1) is 21.2. The van der Waals surface area contributed by atoms with Gasteiger partial charge in [0.15, 0.2) is 0 Å². The van der Waals surface area contributed by atoms with E-state index in [4.69, 9.17) is 0 Å². The number of hydrogen-bond donors (Lipinski definition) is 1. The number of hydrogen-bond acceptors (Lipinski definition) is 3. The largest absolute Gasteiger partial charge is 0.573 e. The molecular weight excluding hydrogens is 381 g/mol. The van der Waals surface area contributed by atoms with Gasteiger partial charge in [-0.1, -0.05) is 44.2 Å². The Bertz CT molecular complexity index is 820. The molecule has 2 aromatic carbocycles. The molecule has 0 spiro atoms. The lowest BCUT2D eigenvalue weighted by molar-refractivity contribution is -0.274. The predicted octanol–water partition coefficient (Wildman–Crippen LogP) is 5.07. The Morgan fingerprint density at radius 1 is 1.14 bits per heavy atom. The van der Waals surface area contributed by atoms with E-state index in [1.807, 2.05) is 18.2 Å². The zero-order valence-electron chi connectivity index (χ0n) is 16.5. The van der Waals surface area contributed by atoms with E-state index in [9.17, 15) is 18.0 Å². The molecule has 1 aliphatic heterocycles. The van der Waals surface area contributed by atoms with Gasteiger partial charge in [0.2, 0.25) is 5.91 Å². The number of benzene rings is 2. The predicted molar refractivity (Wildman–Crippen MR) is 105 cm³/mol. The molecule has 0 saturated carbocycles. The summed E-state index contributed by atoms with van der Waals surface area (Å²) in [7, 11) is 0. The van der Waals surface area contributed by atoms with Crippen LogP contribution in [0.3, 0.4) is 0 Å². The number of ether oxygens (including phenoxy) is 1. The number of carbonyl (C=O) groups excluding carboxylic acids is 1. The van der Waals surface area contributed by atoms with Gasteiger partial charge < -0.3 is 10.1 Å². The Hall–Kier alpha value is -2.54.